The summed E-state index contributed by atoms with van der Waals surface area (Å²) in [4.78, 5) is 0. The van der Waals surface area contributed by atoms with Crippen molar-refractivity contribution in [1.29, 1.82) is 5.26 Å². The van der Waals surface area contributed by atoms with Crippen LogP contribution in [-0.4, -0.2) is 4.57 Å². The SMILES string of the molecule is N#Cc1ccc2ccccc2c1-c1ccc(-c2ccccc2-n2c3ccccc3c3ccccc32)cc1. The van der Waals surface area contributed by atoms with Gasteiger partial charge in [0.25, 0.3) is 0 Å². The molecule has 7 aromatic rings. The highest BCUT2D eigenvalue weighted by atomic mass is 15.0. The van der Waals surface area contributed by atoms with Crippen LogP contribution in [0.2, 0.25) is 0 Å². The number of hydrogen-bond acceptors (Lipinski definition) is 1. The monoisotopic (exact) mass is 470 g/mol. The smallest absolute Gasteiger partial charge is 0.0998 e. The molecule has 0 radical (unpaired) electrons. The predicted octanol–water partition coefficient (Wildman–Crippen LogP) is 9.14. The first kappa shape index (κ1) is 21.2. The molecule has 0 aliphatic carbocycles. The molecule has 1 heterocycles. The van der Waals surface area contributed by atoms with E-state index in [1.807, 2.05) is 24.3 Å². The normalized spacial score (nSPS) is 11.2. The average molecular weight is 471 g/mol. The van der Waals surface area contributed by atoms with Gasteiger partial charge >= 0.3 is 0 Å². The predicted molar refractivity (Wildman–Crippen MR) is 154 cm³/mol. The van der Waals surface area contributed by atoms with Crippen molar-refractivity contribution < 1.29 is 0 Å². The van der Waals surface area contributed by atoms with Gasteiger partial charge in [0.2, 0.25) is 0 Å². The Kier molecular flexibility index (Phi) is 4.87. The molecular formula is C35H22N2. The number of para-hydroxylation sites is 3. The lowest BCUT2D eigenvalue weighted by atomic mass is 9.92. The Morgan fingerprint density at radius 1 is 0.486 bits per heavy atom. The van der Waals surface area contributed by atoms with E-state index >= 15 is 0 Å². The summed E-state index contributed by atoms with van der Waals surface area (Å²) in [7, 11) is 0. The molecule has 0 atom stereocenters. The molecule has 0 fully saturated rings. The highest BCUT2D eigenvalue weighted by molar-refractivity contribution is 6.09. The number of fused-ring (bicyclic) bond motifs is 4. The highest BCUT2D eigenvalue weighted by Gasteiger charge is 2.15. The van der Waals surface area contributed by atoms with E-state index in [2.05, 4.69) is 120 Å². The first-order chi connectivity index (χ1) is 18.3. The Morgan fingerprint density at radius 2 is 1.05 bits per heavy atom. The standard InChI is InChI=1S/C35H22N2/c36-23-27-22-19-24-9-1-2-11-29(24)35(27)26-20-17-25(18-21-26)28-10-3-6-14-32(28)37-33-15-7-4-12-30(33)31-13-5-8-16-34(31)37/h1-22H. The van der Waals surface area contributed by atoms with Crippen LogP contribution in [0, 0.1) is 11.3 Å². The van der Waals surface area contributed by atoms with Crippen LogP contribution in [-0.2, 0) is 0 Å². The van der Waals surface area contributed by atoms with Crippen LogP contribution in [0.25, 0.3) is 60.5 Å². The Morgan fingerprint density at radius 3 is 1.76 bits per heavy atom. The summed E-state index contributed by atoms with van der Waals surface area (Å²) in [5.74, 6) is 0. The third-order valence-electron chi connectivity index (χ3n) is 7.26. The summed E-state index contributed by atoms with van der Waals surface area (Å²) in [6.45, 7) is 0. The third kappa shape index (κ3) is 3.33. The average Bonchev–Trinajstić information content (AvgIpc) is 3.31. The van der Waals surface area contributed by atoms with Crippen LogP contribution in [0.5, 0.6) is 0 Å². The third-order valence-corrected chi connectivity index (χ3v) is 7.26. The molecule has 7 rings (SSSR count). The van der Waals surface area contributed by atoms with E-state index in [4.69, 9.17) is 0 Å². The molecule has 1 aromatic heterocycles. The van der Waals surface area contributed by atoms with Crippen LogP contribution in [0.15, 0.2) is 133 Å². The maximum Gasteiger partial charge on any atom is 0.0998 e. The molecule has 6 aromatic carbocycles. The number of benzene rings is 6. The molecular weight excluding hydrogens is 448 g/mol. The summed E-state index contributed by atoms with van der Waals surface area (Å²) < 4.78 is 2.37. The number of rotatable bonds is 3. The zero-order chi connectivity index (χ0) is 24.8. The van der Waals surface area contributed by atoms with Gasteiger partial charge in [0.05, 0.1) is 28.4 Å². The van der Waals surface area contributed by atoms with Crippen molar-refractivity contribution in [3.63, 3.8) is 0 Å². The minimum absolute atomic E-state index is 0.692. The van der Waals surface area contributed by atoms with Gasteiger partial charge in [0, 0.05) is 21.9 Å². The topological polar surface area (TPSA) is 28.7 Å². The maximum atomic E-state index is 9.83. The van der Waals surface area contributed by atoms with Gasteiger partial charge in [-0.1, -0.05) is 109 Å². The molecule has 0 aliphatic rings. The second-order valence-corrected chi connectivity index (χ2v) is 9.29. The molecule has 2 nitrogen and oxygen atoms in total. The van der Waals surface area contributed by atoms with E-state index in [0.29, 0.717) is 5.56 Å². The van der Waals surface area contributed by atoms with E-state index in [1.165, 1.54) is 27.4 Å². The Bertz CT molecular complexity index is 1930. The van der Waals surface area contributed by atoms with E-state index in [-0.39, 0.29) is 0 Å². The van der Waals surface area contributed by atoms with Gasteiger partial charge in [-0.25, -0.2) is 0 Å². The molecule has 0 amide bonds. The second-order valence-electron chi connectivity index (χ2n) is 9.29. The van der Waals surface area contributed by atoms with E-state index < -0.39 is 0 Å². The number of hydrogen-bond donors (Lipinski definition) is 0. The summed E-state index contributed by atoms with van der Waals surface area (Å²) in [5.41, 5.74) is 8.57. The molecule has 0 unspecified atom stereocenters. The molecule has 0 bridgehead atoms. The van der Waals surface area contributed by atoms with E-state index in [9.17, 15) is 5.26 Å². The molecule has 0 aliphatic heterocycles. The maximum absolute atomic E-state index is 9.83. The summed E-state index contributed by atoms with van der Waals surface area (Å²) in [6.07, 6.45) is 0. The molecule has 0 saturated carbocycles. The first-order valence-corrected chi connectivity index (χ1v) is 12.4. The Balaban J connectivity index is 1.41. The lowest BCUT2D eigenvalue weighted by molar-refractivity contribution is 1.18. The van der Waals surface area contributed by atoms with Crippen molar-refractivity contribution in [1.82, 2.24) is 4.57 Å². The van der Waals surface area contributed by atoms with Gasteiger partial charge in [-0.2, -0.15) is 5.26 Å². The zero-order valence-electron chi connectivity index (χ0n) is 20.1. The van der Waals surface area contributed by atoms with Gasteiger partial charge in [0.15, 0.2) is 0 Å². The van der Waals surface area contributed by atoms with E-state index in [1.54, 1.807) is 0 Å². The van der Waals surface area contributed by atoms with Gasteiger partial charge < -0.3 is 4.57 Å². The van der Waals surface area contributed by atoms with Crippen LogP contribution in [0.4, 0.5) is 0 Å². The van der Waals surface area contributed by atoms with Gasteiger partial charge in [0.1, 0.15) is 0 Å². The zero-order valence-corrected chi connectivity index (χ0v) is 20.1. The fraction of sp³-hybridized carbons (Fsp3) is 0. The molecule has 0 spiro atoms. The molecule has 37 heavy (non-hydrogen) atoms. The van der Waals surface area contributed by atoms with Crippen molar-refractivity contribution in [2.45, 2.75) is 0 Å². The van der Waals surface area contributed by atoms with Crippen molar-refractivity contribution in [3.05, 3.63) is 139 Å². The quantitative estimate of drug-likeness (QED) is 0.253. The largest absolute Gasteiger partial charge is 0.309 e. The van der Waals surface area contributed by atoms with Crippen molar-refractivity contribution in [3.8, 4) is 34.0 Å². The molecule has 0 N–H and O–H groups in total. The number of aromatic nitrogens is 1. The van der Waals surface area contributed by atoms with Gasteiger partial charge in [-0.05, 0) is 46.2 Å². The minimum Gasteiger partial charge on any atom is -0.309 e. The van der Waals surface area contributed by atoms with Crippen LogP contribution >= 0.6 is 0 Å². The van der Waals surface area contributed by atoms with Gasteiger partial charge in [-0.3, -0.25) is 0 Å². The van der Waals surface area contributed by atoms with Crippen LogP contribution < -0.4 is 0 Å². The van der Waals surface area contributed by atoms with E-state index in [0.717, 1.165) is 33.2 Å². The van der Waals surface area contributed by atoms with Crippen LogP contribution in [0.3, 0.4) is 0 Å². The first-order valence-electron chi connectivity index (χ1n) is 12.4. The highest BCUT2D eigenvalue weighted by Crippen LogP contribution is 2.37. The Labute approximate surface area is 215 Å². The lowest BCUT2D eigenvalue weighted by Crippen LogP contribution is -1.97. The van der Waals surface area contributed by atoms with Gasteiger partial charge in [-0.15, -0.1) is 0 Å². The van der Waals surface area contributed by atoms with Crippen molar-refractivity contribution >= 4 is 32.6 Å². The minimum atomic E-state index is 0.692. The molecule has 0 saturated heterocycles. The molecule has 2 heteroatoms. The molecule has 172 valence electrons. The van der Waals surface area contributed by atoms with Crippen molar-refractivity contribution in [2.75, 3.05) is 0 Å². The number of nitriles is 1. The Hall–Kier alpha value is -5.13. The second kappa shape index (κ2) is 8.52. The van der Waals surface area contributed by atoms with Crippen LogP contribution in [0.1, 0.15) is 5.56 Å². The summed E-state index contributed by atoms with van der Waals surface area (Å²) >= 11 is 0. The fourth-order valence-corrected chi connectivity index (χ4v) is 5.59. The fourth-order valence-electron chi connectivity index (χ4n) is 5.59. The van der Waals surface area contributed by atoms with Crippen molar-refractivity contribution in [2.24, 2.45) is 0 Å². The lowest BCUT2D eigenvalue weighted by Gasteiger charge is -2.15. The summed E-state index contributed by atoms with van der Waals surface area (Å²) in [5, 5.41) is 14.6. The summed E-state index contributed by atoms with van der Waals surface area (Å²) in [6, 6.07) is 49.0. The number of nitrogens with zero attached hydrogens (tertiary/aromatic N) is 2.